The van der Waals surface area contributed by atoms with Crippen LogP contribution < -0.4 is 27.4 Å². The van der Waals surface area contributed by atoms with E-state index in [1.807, 2.05) is 48.5 Å². The van der Waals surface area contributed by atoms with Gasteiger partial charge in [0.15, 0.2) is 12.1 Å². The molecular formula is C56H50N14O11S6. The molecule has 4 aromatic heterocycles. The summed E-state index contributed by atoms with van der Waals surface area (Å²) in [4.78, 5) is 130. The van der Waals surface area contributed by atoms with E-state index in [9.17, 15) is 48.6 Å². The van der Waals surface area contributed by atoms with Gasteiger partial charge in [-0.2, -0.15) is 0 Å². The van der Waals surface area contributed by atoms with Crippen molar-refractivity contribution >= 4 is 190 Å². The van der Waals surface area contributed by atoms with Gasteiger partial charge >= 0.3 is 17.9 Å². The quantitative estimate of drug-likeness (QED) is 0.0561. The highest BCUT2D eigenvalue weighted by molar-refractivity contribution is 8.16. The van der Waals surface area contributed by atoms with Gasteiger partial charge in [0.1, 0.15) is 47.9 Å². The maximum Gasteiger partial charge on any atom is 0.329 e. The molecule has 5 atom stereocenters. The molecule has 0 bridgehead atoms. The molecule has 5 aliphatic heterocycles. The maximum atomic E-state index is 14.1. The number of amides is 5. The Morgan fingerprint density at radius 2 is 1.30 bits per heavy atom. The number of hydrogen-bond donors (Lipinski definition) is 8. The molecule has 31 heteroatoms. The number of nitrogens with zero attached hydrogens (tertiary/aromatic N) is 9. The Morgan fingerprint density at radius 1 is 0.701 bits per heavy atom. The summed E-state index contributed by atoms with van der Waals surface area (Å²) in [5.74, 6) is -4.05. The number of thioether (sulfide) groups is 3. The minimum atomic E-state index is -1.15. The fourth-order valence-corrected chi connectivity index (χ4v) is 15.8. The van der Waals surface area contributed by atoms with E-state index >= 15 is 0 Å². The Hall–Kier alpha value is -8.62. The van der Waals surface area contributed by atoms with Gasteiger partial charge in [0.25, 0.3) is 17.7 Å². The van der Waals surface area contributed by atoms with E-state index in [4.69, 9.17) is 16.6 Å². The molecular weight excluding hydrogens is 1240 g/mol. The van der Waals surface area contributed by atoms with Crippen LogP contribution in [0.1, 0.15) is 57.6 Å². The maximum absolute atomic E-state index is 14.1. The monoisotopic (exact) mass is 1290 g/mol. The van der Waals surface area contributed by atoms with Gasteiger partial charge in [-0.25, -0.2) is 34.5 Å². The van der Waals surface area contributed by atoms with Crippen LogP contribution in [0.3, 0.4) is 0 Å². The van der Waals surface area contributed by atoms with Crippen molar-refractivity contribution < 1.29 is 53.7 Å². The number of nitrogens with two attached hydrogens (primary N) is 2. The number of nitrogens with one attached hydrogen (secondary N) is 3. The first kappa shape index (κ1) is 60.1. The molecule has 2 saturated heterocycles. The minimum Gasteiger partial charge on any atom is -0.481 e. The number of aliphatic carboxylic acids is 3. The Morgan fingerprint density at radius 3 is 1.89 bits per heavy atom. The van der Waals surface area contributed by atoms with Crippen LogP contribution in [0.15, 0.2) is 106 Å². The molecule has 0 saturated carbocycles. The van der Waals surface area contributed by atoms with E-state index in [1.54, 1.807) is 36.4 Å². The highest BCUT2D eigenvalue weighted by Crippen LogP contribution is 2.34. The van der Waals surface area contributed by atoms with Crippen molar-refractivity contribution in [3.05, 3.63) is 112 Å². The van der Waals surface area contributed by atoms with Gasteiger partial charge in [0, 0.05) is 59.7 Å². The Kier molecular flexibility index (Phi) is 18.1. The van der Waals surface area contributed by atoms with E-state index in [1.165, 1.54) is 80.5 Å². The number of carbonyl (C=O) groups excluding carboxylic acids is 5. The second-order valence-electron chi connectivity index (χ2n) is 20.0. The molecule has 25 nitrogen and oxygen atoms in total. The number of pyridine rings is 1. The average molecular weight is 1290 g/mol. The number of hydrogen-bond acceptors (Lipinski definition) is 23. The van der Waals surface area contributed by atoms with E-state index in [0.29, 0.717) is 61.1 Å². The first-order valence-electron chi connectivity index (χ1n) is 26.8. The number of carboxylic acids is 3. The van der Waals surface area contributed by atoms with Gasteiger partial charge in [-0.15, -0.1) is 57.5 Å². The largest absolute Gasteiger partial charge is 0.481 e. The molecule has 5 amide bonds. The van der Waals surface area contributed by atoms with Gasteiger partial charge in [-0.05, 0) is 85.3 Å². The summed E-state index contributed by atoms with van der Waals surface area (Å²) in [6.45, 7) is 0.242. The molecule has 87 heavy (non-hydrogen) atoms. The summed E-state index contributed by atoms with van der Waals surface area (Å²) in [5, 5.41) is 44.5. The molecule has 13 rings (SSSR count). The van der Waals surface area contributed by atoms with Crippen LogP contribution in [-0.2, 0) is 33.6 Å². The van der Waals surface area contributed by atoms with Crippen molar-refractivity contribution in [1.29, 1.82) is 0 Å². The molecule has 0 aliphatic carbocycles. The predicted octanol–water partition coefficient (Wildman–Crippen LogP) is 6.21. The molecule has 446 valence electrons. The second kappa shape index (κ2) is 26.2. The zero-order valence-corrected chi connectivity index (χ0v) is 50.3. The predicted molar refractivity (Wildman–Crippen MR) is 339 cm³/mol. The fraction of sp³-hybridized carbons (Fsp3) is 0.268. The lowest BCUT2D eigenvalue weighted by Crippen LogP contribution is -2.64. The number of carbonyl (C=O) groups is 8. The first-order chi connectivity index (χ1) is 41.9. The van der Waals surface area contributed by atoms with Gasteiger partial charge in [-0.1, -0.05) is 36.0 Å². The molecule has 2 fully saturated rings. The third-order valence-corrected chi connectivity index (χ3v) is 20.4. The van der Waals surface area contributed by atoms with Crippen LogP contribution in [0.25, 0.3) is 41.4 Å². The number of rotatable bonds is 14. The van der Waals surface area contributed by atoms with E-state index in [0.717, 1.165) is 56.3 Å². The van der Waals surface area contributed by atoms with E-state index in [2.05, 4.69) is 50.9 Å². The van der Waals surface area contributed by atoms with Gasteiger partial charge < -0.3 is 42.7 Å². The number of carboxylic acid groups (broad SMARTS) is 3. The van der Waals surface area contributed by atoms with Crippen LogP contribution in [0, 0.1) is 0 Å². The summed E-state index contributed by atoms with van der Waals surface area (Å²) in [6, 6.07) is 20.9. The molecule has 10 N–H and O–H groups in total. The van der Waals surface area contributed by atoms with Crippen LogP contribution in [0.4, 0.5) is 17.1 Å². The first-order valence-corrected chi connectivity index (χ1v) is 32.2. The zero-order chi connectivity index (χ0) is 61.0. The van der Waals surface area contributed by atoms with Crippen molar-refractivity contribution in [1.82, 2.24) is 40.6 Å². The third-order valence-electron chi connectivity index (χ3n) is 13.9. The lowest BCUT2D eigenvalue weighted by molar-refractivity contribution is -0.176. The lowest BCUT2D eigenvalue weighted by Gasteiger charge is -2.43. The number of benzene rings is 4. The minimum absolute atomic E-state index is 0.0259. The van der Waals surface area contributed by atoms with E-state index in [-0.39, 0.29) is 49.9 Å². The summed E-state index contributed by atoms with van der Waals surface area (Å²) < 4.78 is 2.82. The number of nitrogen functional groups attached to an aromatic ring is 2. The fourth-order valence-electron chi connectivity index (χ4n) is 9.70. The number of fused-ring (bicyclic) bond motifs is 5. The zero-order valence-electron chi connectivity index (χ0n) is 45.4. The van der Waals surface area contributed by atoms with Crippen molar-refractivity contribution in [2.75, 3.05) is 47.1 Å². The smallest absolute Gasteiger partial charge is 0.329 e. The number of anilines is 3. The number of aromatic nitrogens is 4. The van der Waals surface area contributed by atoms with Crippen molar-refractivity contribution in [3.63, 3.8) is 0 Å². The topological polar surface area (TPSA) is 380 Å². The summed E-state index contributed by atoms with van der Waals surface area (Å²) >= 11 is 8.57. The number of thiazole rings is 3. The Bertz CT molecular complexity index is 4200. The lowest BCUT2D eigenvalue weighted by atomic mass is 10.0. The highest BCUT2D eigenvalue weighted by Gasteiger charge is 2.45. The van der Waals surface area contributed by atoms with E-state index < -0.39 is 72.3 Å². The van der Waals surface area contributed by atoms with Crippen LogP contribution in [-0.4, -0.2) is 168 Å². The Labute approximate surface area is 517 Å². The SMILES string of the molecule is Nc1ccc2nc(C3=NC(=O)CS3)sc2c1.Nc1ccc2nc(C3=N[C@@H](C(=O)O)CS3)sc2c1.O=C(O)C[C@@H](CNc1ccc2nc(C3=N[C@@H](C(=O)O)CS3)sc2c1)NC(=O)[C@@H]1CCCN2C(=O)CCC(NC(=O)c3nccc4ccccc34)C(=O)N12. The molecule has 0 spiro atoms. The molecule has 4 aromatic carbocycles. The Balaban J connectivity index is 0.000000184. The molecule has 5 aliphatic rings. The van der Waals surface area contributed by atoms with Gasteiger partial charge in [0.05, 0.1) is 48.9 Å². The van der Waals surface area contributed by atoms with Crippen molar-refractivity contribution in [3.8, 4) is 0 Å². The van der Waals surface area contributed by atoms with Crippen LogP contribution in [0.2, 0.25) is 0 Å². The standard InChI is InChI=1S/C35H34N8O8S2.C11H9N3O2S2.C10H7N3OS2/c44-27-10-9-23(39-31(48)29-21-5-2-1-4-18(21)11-12-36-29)34(49)43-25(6-3-13-42(27)43)30(47)38-20(15-28(45)46)16-37-19-7-8-22-26(14-19)53-33(40-22)32-41-24(17-52-32)35(50)51;12-5-1-2-6-8(3-5)18-10(13-6)9-14-7(4-17-9)11(15)16;11-5-1-2-6-7(3-5)16-10(12-6)9-13-8(14)4-15-9/h1-2,4-5,7-8,11-12,14,20,23-25,37H,3,6,9-10,13,15-17H2,(H,38,47)(H,39,48)(H,45,46)(H,50,51);1-3,7H,4,12H2,(H,15,16);1-3H,4,11H2/t20-,23?,24+,25-;7-;/m01./s1. The summed E-state index contributed by atoms with van der Waals surface area (Å²) in [6.07, 6.45) is 1.74. The molecule has 1 unspecified atom stereocenters. The number of hydrazine groups is 1. The second-order valence-corrected chi connectivity index (χ2v) is 26.1. The van der Waals surface area contributed by atoms with Crippen molar-refractivity contribution in [2.45, 2.75) is 62.3 Å². The third kappa shape index (κ3) is 13.8. The average Bonchev–Trinajstić information content (AvgIpc) is 3.20. The molecule has 8 aromatic rings. The van der Waals surface area contributed by atoms with Gasteiger partial charge in [-0.3, -0.25) is 48.7 Å². The normalized spacial score (nSPS) is 19.5. The van der Waals surface area contributed by atoms with Gasteiger partial charge in [0.2, 0.25) is 11.8 Å². The molecule has 0 radical (unpaired) electrons. The van der Waals surface area contributed by atoms with Crippen LogP contribution in [0.5, 0.6) is 0 Å². The highest BCUT2D eigenvalue weighted by atomic mass is 32.2. The summed E-state index contributed by atoms with van der Waals surface area (Å²) in [5.41, 5.74) is 16.1. The summed E-state index contributed by atoms with van der Waals surface area (Å²) in [7, 11) is 0. The van der Waals surface area contributed by atoms with Crippen molar-refractivity contribution in [2.24, 2.45) is 15.0 Å². The van der Waals surface area contributed by atoms with Crippen LogP contribution >= 0.6 is 69.3 Å². The molecule has 9 heterocycles. The number of aliphatic imine (C=N–C) groups is 3.